The number of aromatic nitrogens is 3. The molecule has 0 bridgehead atoms. The van der Waals surface area contributed by atoms with E-state index < -0.39 is 0 Å². The first-order valence-corrected chi connectivity index (χ1v) is 4.11. The third-order valence-electron chi connectivity index (χ3n) is 1.42. The predicted molar refractivity (Wildman–Crippen MR) is 49.2 cm³/mol. The maximum atomic E-state index is 11.0. The van der Waals surface area contributed by atoms with Gasteiger partial charge in [0.15, 0.2) is 0 Å². The smallest absolute Gasteiger partial charge is 0.250 e. The van der Waals surface area contributed by atoms with Gasteiger partial charge < -0.3 is 0 Å². The lowest BCUT2D eigenvalue weighted by atomic mass is 10.5. The van der Waals surface area contributed by atoms with E-state index >= 15 is 0 Å². The summed E-state index contributed by atoms with van der Waals surface area (Å²) in [5, 5.41) is 9.03. The highest BCUT2D eigenvalue weighted by atomic mass is 16.1. The van der Waals surface area contributed by atoms with Crippen LogP contribution in [0.2, 0.25) is 0 Å². The molecule has 5 heteroatoms. The van der Waals surface area contributed by atoms with Gasteiger partial charge in [0.05, 0.1) is 0 Å². The number of nitrogens with one attached hydrogen (secondary N) is 2. The first-order valence-electron chi connectivity index (χ1n) is 4.11. The lowest BCUT2D eigenvalue weighted by Crippen LogP contribution is -2.08. The second kappa shape index (κ2) is 4.39. The number of anilines is 1. The van der Waals surface area contributed by atoms with Gasteiger partial charge in [-0.05, 0) is 13.0 Å². The molecular weight excluding hydrogens is 168 g/mol. The molecule has 0 aromatic carbocycles. The summed E-state index contributed by atoms with van der Waals surface area (Å²) in [4.78, 5) is 15.0. The molecule has 1 amide bonds. The first-order chi connectivity index (χ1) is 6.26. The van der Waals surface area contributed by atoms with Crippen molar-refractivity contribution in [3.63, 3.8) is 0 Å². The molecule has 5 nitrogen and oxygen atoms in total. The second-order valence-corrected chi connectivity index (χ2v) is 2.45. The van der Waals surface area contributed by atoms with Crippen molar-refractivity contribution in [3.05, 3.63) is 18.0 Å². The Morgan fingerprint density at radius 2 is 2.46 bits per heavy atom. The van der Waals surface area contributed by atoms with Crippen LogP contribution in [0.4, 0.5) is 5.95 Å². The molecule has 2 N–H and O–H groups in total. The van der Waals surface area contributed by atoms with Crippen molar-refractivity contribution in [2.75, 3.05) is 5.32 Å². The van der Waals surface area contributed by atoms with Gasteiger partial charge in [0.25, 0.3) is 0 Å². The number of rotatable bonds is 3. The Labute approximate surface area is 76.3 Å². The average molecular weight is 180 g/mol. The van der Waals surface area contributed by atoms with Crippen molar-refractivity contribution in [2.24, 2.45) is 0 Å². The molecule has 0 fully saturated rings. The zero-order chi connectivity index (χ0) is 9.68. The molecule has 0 aliphatic heterocycles. The third kappa shape index (κ3) is 2.70. The largest absolute Gasteiger partial charge is 0.290 e. The van der Waals surface area contributed by atoms with Crippen LogP contribution in [-0.4, -0.2) is 21.1 Å². The van der Waals surface area contributed by atoms with Gasteiger partial charge in [-0.25, -0.2) is 0 Å². The molecular formula is C8H12N4O. The lowest BCUT2D eigenvalue weighted by molar-refractivity contribution is -0.111. The van der Waals surface area contributed by atoms with E-state index in [1.807, 2.05) is 6.92 Å². The fraction of sp³-hybridized carbons (Fsp3) is 0.375. The van der Waals surface area contributed by atoms with Crippen molar-refractivity contribution in [1.29, 1.82) is 0 Å². The molecule has 0 aliphatic carbocycles. The highest BCUT2D eigenvalue weighted by molar-refractivity contribution is 5.97. The predicted octanol–water partition coefficient (Wildman–Crippen LogP) is 0.882. The van der Waals surface area contributed by atoms with Crippen LogP contribution >= 0.6 is 0 Å². The SMILES string of the molecule is C/C=C/C(=O)Nc1n[nH]c(CC)n1. The van der Waals surface area contributed by atoms with Gasteiger partial charge in [-0.1, -0.05) is 13.0 Å². The van der Waals surface area contributed by atoms with Crippen LogP contribution in [0.15, 0.2) is 12.2 Å². The quantitative estimate of drug-likeness (QED) is 0.678. The van der Waals surface area contributed by atoms with E-state index in [1.165, 1.54) is 6.08 Å². The van der Waals surface area contributed by atoms with Gasteiger partial charge in [-0.3, -0.25) is 15.2 Å². The normalized spacial score (nSPS) is 10.6. The van der Waals surface area contributed by atoms with Crippen molar-refractivity contribution in [2.45, 2.75) is 20.3 Å². The Bertz CT molecular complexity index is 316. The number of allylic oxidation sites excluding steroid dienone is 1. The van der Waals surface area contributed by atoms with E-state index in [0.717, 1.165) is 12.2 Å². The van der Waals surface area contributed by atoms with Crippen LogP contribution in [-0.2, 0) is 11.2 Å². The van der Waals surface area contributed by atoms with E-state index in [0.29, 0.717) is 5.95 Å². The zero-order valence-electron chi connectivity index (χ0n) is 7.66. The minimum absolute atomic E-state index is 0.218. The monoisotopic (exact) mass is 180 g/mol. The van der Waals surface area contributed by atoms with E-state index in [4.69, 9.17) is 0 Å². The van der Waals surface area contributed by atoms with Crippen LogP contribution in [0, 0.1) is 0 Å². The maximum absolute atomic E-state index is 11.0. The summed E-state index contributed by atoms with van der Waals surface area (Å²) in [6, 6.07) is 0. The lowest BCUT2D eigenvalue weighted by Gasteiger charge is -1.92. The number of carbonyl (C=O) groups excluding carboxylic acids is 1. The van der Waals surface area contributed by atoms with Gasteiger partial charge in [0, 0.05) is 6.42 Å². The molecule has 0 saturated carbocycles. The summed E-state index contributed by atoms with van der Waals surface area (Å²) < 4.78 is 0. The molecule has 0 atom stereocenters. The Morgan fingerprint density at radius 1 is 1.69 bits per heavy atom. The van der Waals surface area contributed by atoms with Crippen molar-refractivity contribution in [3.8, 4) is 0 Å². The number of aromatic amines is 1. The molecule has 70 valence electrons. The molecule has 0 aliphatic rings. The van der Waals surface area contributed by atoms with Gasteiger partial charge in [0.2, 0.25) is 11.9 Å². The Hall–Kier alpha value is -1.65. The minimum atomic E-state index is -0.218. The molecule has 0 saturated heterocycles. The topological polar surface area (TPSA) is 70.7 Å². The number of amides is 1. The molecule has 13 heavy (non-hydrogen) atoms. The molecule has 1 heterocycles. The minimum Gasteiger partial charge on any atom is -0.290 e. The third-order valence-corrected chi connectivity index (χ3v) is 1.42. The molecule has 0 radical (unpaired) electrons. The fourth-order valence-corrected chi connectivity index (χ4v) is 0.813. The zero-order valence-corrected chi connectivity index (χ0v) is 7.66. The standard InChI is InChI=1S/C8H12N4O/c1-3-5-7(13)10-8-9-6(4-2)11-12-8/h3,5H,4H2,1-2H3,(H2,9,10,11,12,13)/b5-3+. The maximum Gasteiger partial charge on any atom is 0.250 e. The van der Waals surface area contributed by atoms with Crippen LogP contribution in [0.1, 0.15) is 19.7 Å². The summed E-state index contributed by atoms with van der Waals surface area (Å²) in [5.74, 6) is 0.861. The van der Waals surface area contributed by atoms with Crippen LogP contribution < -0.4 is 5.32 Å². The highest BCUT2D eigenvalue weighted by Crippen LogP contribution is 1.98. The molecule has 1 rings (SSSR count). The van der Waals surface area contributed by atoms with E-state index in [9.17, 15) is 4.79 Å². The van der Waals surface area contributed by atoms with Gasteiger partial charge in [-0.2, -0.15) is 4.98 Å². The van der Waals surface area contributed by atoms with E-state index in [2.05, 4.69) is 20.5 Å². The number of nitrogens with zero attached hydrogens (tertiary/aromatic N) is 2. The van der Waals surface area contributed by atoms with Crippen molar-refractivity contribution in [1.82, 2.24) is 15.2 Å². The van der Waals surface area contributed by atoms with Crippen LogP contribution in [0.25, 0.3) is 0 Å². The van der Waals surface area contributed by atoms with Crippen LogP contribution in [0.5, 0.6) is 0 Å². The number of aryl methyl sites for hydroxylation is 1. The number of hydrogen-bond acceptors (Lipinski definition) is 3. The summed E-state index contributed by atoms with van der Waals surface area (Å²) >= 11 is 0. The summed E-state index contributed by atoms with van der Waals surface area (Å²) in [6.07, 6.45) is 3.84. The number of carbonyl (C=O) groups is 1. The Balaban J connectivity index is 2.58. The molecule has 0 spiro atoms. The van der Waals surface area contributed by atoms with Gasteiger partial charge >= 0.3 is 0 Å². The molecule has 0 unspecified atom stereocenters. The van der Waals surface area contributed by atoms with Gasteiger partial charge in [0.1, 0.15) is 5.82 Å². The fourth-order valence-electron chi connectivity index (χ4n) is 0.813. The number of H-pyrrole nitrogens is 1. The highest BCUT2D eigenvalue weighted by Gasteiger charge is 2.02. The second-order valence-electron chi connectivity index (χ2n) is 2.45. The number of hydrogen-bond donors (Lipinski definition) is 2. The molecule has 1 aromatic heterocycles. The summed E-state index contributed by atoms with van der Waals surface area (Å²) in [7, 11) is 0. The van der Waals surface area contributed by atoms with Gasteiger partial charge in [-0.15, -0.1) is 5.10 Å². The first kappa shape index (κ1) is 9.44. The summed E-state index contributed by atoms with van der Waals surface area (Å²) in [6.45, 7) is 3.73. The van der Waals surface area contributed by atoms with Crippen molar-refractivity contribution >= 4 is 11.9 Å². The van der Waals surface area contributed by atoms with Crippen LogP contribution in [0.3, 0.4) is 0 Å². The van der Waals surface area contributed by atoms with Crippen molar-refractivity contribution < 1.29 is 4.79 Å². The average Bonchev–Trinajstić information content (AvgIpc) is 2.52. The van der Waals surface area contributed by atoms with E-state index in [1.54, 1.807) is 13.0 Å². The molecule has 1 aromatic rings. The summed E-state index contributed by atoms with van der Waals surface area (Å²) in [5.41, 5.74) is 0. The Morgan fingerprint density at radius 3 is 3.00 bits per heavy atom. The Kier molecular flexibility index (Phi) is 3.19. The van der Waals surface area contributed by atoms with E-state index in [-0.39, 0.29) is 5.91 Å².